The van der Waals surface area contributed by atoms with E-state index >= 15 is 0 Å². The molecule has 3 aromatic rings. The molecule has 0 fully saturated rings. The number of carbonyl (C=O) groups is 1. The smallest absolute Gasteiger partial charge is 0.230 e. The van der Waals surface area contributed by atoms with Crippen LogP contribution in [0.4, 0.5) is 0 Å². The van der Waals surface area contributed by atoms with E-state index in [4.69, 9.17) is 0 Å². The summed E-state index contributed by atoms with van der Waals surface area (Å²) < 4.78 is 1.94. The van der Waals surface area contributed by atoms with E-state index in [2.05, 4.69) is 40.6 Å². The van der Waals surface area contributed by atoms with Crippen LogP contribution in [0.2, 0.25) is 0 Å². The predicted molar refractivity (Wildman–Crippen MR) is 118 cm³/mol. The minimum atomic E-state index is 0.0192. The van der Waals surface area contributed by atoms with Crippen LogP contribution in [0.1, 0.15) is 11.1 Å². The molecule has 7 heteroatoms. The van der Waals surface area contributed by atoms with E-state index in [1.54, 1.807) is 0 Å². The fraction of sp³-hybridized carbons (Fsp3) is 0.286. The Morgan fingerprint density at radius 1 is 1.07 bits per heavy atom. The van der Waals surface area contributed by atoms with Crippen LogP contribution in [-0.4, -0.2) is 38.7 Å². The summed E-state index contributed by atoms with van der Waals surface area (Å²) in [5.74, 6) is 3.03. The quantitative estimate of drug-likeness (QED) is 0.426. The average molecular weight is 413 g/mol. The highest BCUT2D eigenvalue weighted by Gasteiger charge is 2.14. The Morgan fingerprint density at radius 2 is 1.82 bits per heavy atom. The van der Waals surface area contributed by atoms with Gasteiger partial charge < -0.3 is 9.88 Å². The summed E-state index contributed by atoms with van der Waals surface area (Å²) >= 11 is 3.23. The molecule has 0 spiro atoms. The number of benzene rings is 2. The Morgan fingerprint density at radius 3 is 2.61 bits per heavy atom. The van der Waals surface area contributed by atoms with E-state index in [9.17, 15) is 4.79 Å². The van der Waals surface area contributed by atoms with Crippen LogP contribution in [-0.2, 0) is 17.6 Å². The summed E-state index contributed by atoms with van der Waals surface area (Å²) in [6.45, 7) is 2.73. The maximum Gasteiger partial charge on any atom is 0.230 e. The van der Waals surface area contributed by atoms with Crippen LogP contribution in [0.15, 0.2) is 59.8 Å². The fourth-order valence-corrected chi connectivity index (χ4v) is 4.27. The van der Waals surface area contributed by atoms with Crippen molar-refractivity contribution in [2.45, 2.75) is 17.8 Å². The molecular formula is C21H24N4OS2. The van der Waals surface area contributed by atoms with Gasteiger partial charge in [-0.3, -0.25) is 4.79 Å². The first-order valence-electron chi connectivity index (χ1n) is 9.11. The zero-order chi connectivity index (χ0) is 19.8. The Hall–Kier alpha value is -2.25. The molecule has 0 unspecified atom stereocenters. The lowest BCUT2D eigenvalue weighted by Gasteiger charge is -2.07. The van der Waals surface area contributed by atoms with Crippen LogP contribution in [0.3, 0.4) is 0 Å². The van der Waals surface area contributed by atoms with Gasteiger partial charge in [0.25, 0.3) is 0 Å². The molecule has 1 amide bonds. The maximum atomic E-state index is 12.1. The lowest BCUT2D eigenvalue weighted by molar-refractivity contribution is -0.118. The second kappa shape index (κ2) is 10.3. The molecule has 3 rings (SSSR count). The number of carbonyl (C=O) groups excluding carboxylic acids is 1. The molecule has 1 aromatic heterocycles. The fourth-order valence-electron chi connectivity index (χ4n) is 2.71. The van der Waals surface area contributed by atoms with Crippen LogP contribution in [0.5, 0.6) is 0 Å². The number of thioether (sulfide) groups is 2. The van der Waals surface area contributed by atoms with Crippen molar-refractivity contribution >= 4 is 29.4 Å². The lowest BCUT2D eigenvalue weighted by Crippen LogP contribution is -2.27. The molecule has 28 heavy (non-hydrogen) atoms. The van der Waals surface area contributed by atoms with Gasteiger partial charge in [0, 0.05) is 30.7 Å². The van der Waals surface area contributed by atoms with E-state index in [0.29, 0.717) is 12.3 Å². The number of hydrogen-bond donors (Lipinski definition) is 1. The van der Waals surface area contributed by atoms with Crippen molar-refractivity contribution in [2.75, 3.05) is 18.1 Å². The molecular weight excluding hydrogens is 388 g/mol. The number of aromatic nitrogens is 3. The predicted octanol–water partition coefficient (Wildman–Crippen LogP) is 3.93. The van der Waals surface area contributed by atoms with Crippen molar-refractivity contribution in [3.63, 3.8) is 0 Å². The Kier molecular flexibility index (Phi) is 7.56. The number of amides is 1. The average Bonchev–Trinajstić information content (AvgIpc) is 3.07. The van der Waals surface area contributed by atoms with Gasteiger partial charge in [0.05, 0.1) is 5.75 Å². The van der Waals surface area contributed by atoms with Gasteiger partial charge in [-0.2, -0.15) is 11.8 Å². The number of rotatable bonds is 9. The first kappa shape index (κ1) is 20.5. The van der Waals surface area contributed by atoms with Gasteiger partial charge >= 0.3 is 0 Å². The number of hydrogen-bond acceptors (Lipinski definition) is 5. The lowest BCUT2D eigenvalue weighted by atomic mass is 10.1. The van der Waals surface area contributed by atoms with Gasteiger partial charge in [-0.1, -0.05) is 66.4 Å². The zero-order valence-corrected chi connectivity index (χ0v) is 17.7. The summed E-state index contributed by atoms with van der Waals surface area (Å²) in [7, 11) is 1.93. The molecule has 146 valence electrons. The third kappa shape index (κ3) is 5.62. The van der Waals surface area contributed by atoms with Crippen molar-refractivity contribution in [1.82, 2.24) is 20.1 Å². The standard InChI is InChI=1S/C21H24N4OS2/c1-16-8-6-7-11-18(16)20-23-24-21(25(20)2)28-15-19(26)22-12-13-27-14-17-9-4-3-5-10-17/h3-11H,12-15H2,1-2H3,(H,22,26). The van der Waals surface area contributed by atoms with Crippen molar-refractivity contribution in [3.8, 4) is 11.4 Å². The van der Waals surface area contributed by atoms with Gasteiger partial charge in [0.2, 0.25) is 5.91 Å². The normalized spacial score (nSPS) is 10.8. The molecule has 0 atom stereocenters. The highest BCUT2D eigenvalue weighted by Crippen LogP contribution is 2.24. The van der Waals surface area contributed by atoms with Gasteiger partial charge in [-0.05, 0) is 18.1 Å². The second-order valence-corrected chi connectivity index (χ2v) is 8.40. The summed E-state index contributed by atoms with van der Waals surface area (Å²) in [6, 6.07) is 18.4. The highest BCUT2D eigenvalue weighted by molar-refractivity contribution is 7.99. The maximum absolute atomic E-state index is 12.1. The van der Waals surface area contributed by atoms with Gasteiger partial charge in [0.1, 0.15) is 0 Å². The molecule has 5 nitrogen and oxygen atoms in total. The van der Waals surface area contributed by atoms with Crippen LogP contribution >= 0.6 is 23.5 Å². The molecule has 0 saturated heterocycles. The van der Waals surface area contributed by atoms with Crippen molar-refractivity contribution in [2.24, 2.45) is 7.05 Å². The van der Waals surface area contributed by atoms with Crippen molar-refractivity contribution in [1.29, 1.82) is 0 Å². The molecule has 1 heterocycles. The minimum absolute atomic E-state index is 0.0192. The molecule has 0 saturated carbocycles. The molecule has 0 aliphatic carbocycles. The summed E-state index contributed by atoms with van der Waals surface area (Å²) in [5.41, 5.74) is 3.52. The van der Waals surface area contributed by atoms with Gasteiger partial charge in [-0.15, -0.1) is 10.2 Å². The summed E-state index contributed by atoms with van der Waals surface area (Å²) in [6.07, 6.45) is 0. The molecule has 2 aromatic carbocycles. The van der Waals surface area contributed by atoms with Crippen LogP contribution < -0.4 is 5.32 Å². The Bertz CT molecular complexity index is 912. The number of nitrogens with one attached hydrogen (secondary N) is 1. The monoisotopic (exact) mass is 412 g/mol. The van der Waals surface area contributed by atoms with Gasteiger partial charge in [-0.25, -0.2) is 0 Å². The molecule has 0 radical (unpaired) electrons. The highest BCUT2D eigenvalue weighted by atomic mass is 32.2. The molecule has 1 N–H and O–H groups in total. The van der Waals surface area contributed by atoms with E-state index < -0.39 is 0 Å². The van der Waals surface area contributed by atoms with E-state index in [1.165, 1.54) is 17.3 Å². The SMILES string of the molecule is Cc1ccccc1-c1nnc(SCC(=O)NCCSCc2ccccc2)n1C. The van der Waals surface area contributed by atoms with Gasteiger partial charge in [0.15, 0.2) is 11.0 Å². The molecule has 0 aliphatic heterocycles. The molecule has 0 aliphatic rings. The second-order valence-electron chi connectivity index (χ2n) is 6.36. The number of aryl methyl sites for hydroxylation is 1. The third-order valence-electron chi connectivity index (χ3n) is 4.23. The Labute approximate surface area is 174 Å². The van der Waals surface area contributed by atoms with Crippen molar-refractivity contribution in [3.05, 3.63) is 65.7 Å². The largest absolute Gasteiger partial charge is 0.355 e. The van der Waals surface area contributed by atoms with Crippen molar-refractivity contribution < 1.29 is 4.79 Å². The Balaban J connectivity index is 1.41. The van der Waals surface area contributed by atoms with E-state index in [-0.39, 0.29) is 5.91 Å². The third-order valence-corrected chi connectivity index (χ3v) is 6.28. The minimum Gasteiger partial charge on any atom is -0.355 e. The first-order valence-corrected chi connectivity index (χ1v) is 11.3. The topological polar surface area (TPSA) is 59.8 Å². The summed E-state index contributed by atoms with van der Waals surface area (Å²) in [4.78, 5) is 12.1. The van der Waals surface area contributed by atoms with E-state index in [1.807, 2.05) is 59.8 Å². The first-order chi connectivity index (χ1) is 13.6. The van der Waals surface area contributed by atoms with Crippen LogP contribution in [0, 0.1) is 6.92 Å². The molecule has 0 bridgehead atoms. The summed E-state index contributed by atoms with van der Waals surface area (Å²) in [5, 5.41) is 12.2. The van der Waals surface area contributed by atoms with Crippen LogP contribution in [0.25, 0.3) is 11.4 Å². The zero-order valence-electron chi connectivity index (χ0n) is 16.1. The van der Waals surface area contributed by atoms with E-state index in [0.717, 1.165) is 33.6 Å². The number of nitrogens with zero attached hydrogens (tertiary/aromatic N) is 3.